The minimum Gasteiger partial charge on any atom is -0.389 e. The topological polar surface area (TPSA) is 57.5 Å². The summed E-state index contributed by atoms with van der Waals surface area (Å²) in [5, 5.41) is 21.7. The Bertz CT molecular complexity index is 721. The molecule has 148 valence electrons. The molecule has 8 atom stereocenters. The molecule has 0 aromatic heterocycles. The van der Waals surface area contributed by atoms with Crippen molar-refractivity contribution >= 4 is 5.78 Å². The fourth-order valence-electron chi connectivity index (χ4n) is 7.81. The largest absolute Gasteiger partial charge is 0.389 e. The van der Waals surface area contributed by atoms with Gasteiger partial charge in [0.25, 0.3) is 0 Å². The molecule has 5 aliphatic rings. The van der Waals surface area contributed by atoms with E-state index in [9.17, 15) is 15.0 Å². The summed E-state index contributed by atoms with van der Waals surface area (Å²) >= 11 is 0. The van der Waals surface area contributed by atoms with Crippen molar-refractivity contribution in [1.29, 1.82) is 0 Å². The van der Waals surface area contributed by atoms with Crippen LogP contribution in [-0.2, 0) is 4.79 Å². The van der Waals surface area contributed by atoms with Crippen molar-refractivity contribution in [2.45, 2.75) is 83.8 Å². The molecule has 0 spiro atoms. The van der Waals surface area contributed by atoms with Crippen molar-refractivity contribution in [2.24, 2.45) is 34.5 Å². The summed E-state index contributed by atoms with van der Waals surface area (Å²) in [4.78, 5) is 12.3. The van der Waals surface area contributed by atoms with Crippen molar-refractivity contribution in [3.63, 3.8) is 0 Å². The first-order valence-electron chi connectivity index (χ1n) is 11.1. The summed E-state index contributed by atoms with van der Waals surface area (Å²) in [6.07, 6.45) is 13.1. The quantitative estimate of drug-likeness (QED) is 0.681. The first-order chi connectivity index (χ1) is 12.8. The van der Waals surface area contributed by atoms with Crippen LogP contribution >= 0.6 is 0 Å². The highest BCUT2D eigenvalue weighted by Crippen LogP contribution is 2.65. The van der Waals surface area contributed by atoms with E-state index in [1.807, 2.05) is 0 Å². The van der Waals surface area contributed by atoms with Gasteiger partial charge in [-0.05, 0) is 80.5 Å². The van der Waals surface area contributed by atoms with Crippen LogP contribution < -0.4 is 0 Å². The van der Waals surface area contributed by atoms with E-state index >= 15 is 0 Å². The lowest BCUT2D eigenvalue weighted by Gasteiger charge is -2.58. The molecule has 4 unspecified atom stereocenters. The van der Waals surface area contributed by atoms with Gasteiger partial charge in [-0.2, -0.15) is 0 Å². The molecule has 3 saturated carbocycles. The number of ketones is 1. The summed E-state index contributed by atoms with van der Waals surface area (Å²) in [7, 11) is 0. The molecule has 0 aromatic carbocycles. The second-order valence-electron chi connectivity index (χ2n) is 10.6. The fraction of sp³-hybridized carbons (Fsp3) is 0.792. The van der Waals surface area contributed by atoms with Gasteiger partial charge in [-0.15, -0.1) is 0 Å². The third-order valence-electron chi connectivity index (χ3n) is 9.52. The average molecular weight is 371 g/mol. The highest BCUT2D eigenvalue weighted by atomic mass is 16.3. The van der Waals surface area contributed by atoms with Crippen LogP contribution in [0.4, 0.5) is 0 Å². The van der Waals surface area contributed by atoms with Crippen molar-refractivity contribution in [3.8, 4) is 0 Å². The lowest BCUT2D eigenvalue weighted by Crippen LogP contribution is -2.55. The number of Topliss-reactive ketones (excluding diaryl/α,β-unsaturated/α-hetero) is 1. The van der Waals surface area contributed by atoms with Crippen molar-refractivity contribution in [2.75, 3.05) is 0 Å². The second-order valence-corrected chi connectivity index (χ2v) is 10.6. The number of fused-ring (bicyclic) bond motifs is 5. The minimum atomic E-state index is -0.834. The molecule has 3 fully saturated rings. The van der Waals surface area contributed by atoms with Crippen LogP contribution in [0.25, 0.3) is 0 Å². The van der Waals surface area contributed by atoms with Gasteiger partial charge in [0, 0.05) is 11.8 Å². The molecule has 0 bridgehead atoms. The van der Waals surface area contributed by atoms with Gasteiger partial charge in [0.15, 0.2) is 5.78 Å². The van der Waals surface area contributed by atoms with Crippen LogP contribution in [0.2, 0.25) is 0 Å². The highest BCUT2D eigenvalue weighted by Gasteiger charge is 2.62. The number of carbonyl (C=O) groups excluding carboxylic acids is 1. The van der Waals surface area contributed by atoms with E-state index in [-0.39, 0.29) is 28.4 Å². The number of carbonyl (C=O) groups is 1. The van der Waals surface area contributed by atoms with E-state index in [0.717, 1.165) is 19.3 Å². The molecule has 3 nitrogen and oxygen atoms in total. The zero-order chi connectivity index (χ0) is 19.0. The molecule has 0 aliphatic heterocycles. The summed E-state index contributed by atoms with van der Waals surface area (Å²) in [6.45, 7) is 4.51. The highest BCUT2D eigenvalue weighted by molar-refractivity contribution is 5.86. The number of allylic oxidation sites excluding steroid dienone is 3. The van der Waals surface area contributed by atoms with Gasteiger partial charge < -0.3 is 10.2 Å². The minimum absolute atomic E-state index is 0.00726. The van der Waals surface area contributed by atoms with Gasteiger partial charge in [-0.3, -0.25) is 4.79 Å². The van der Waals surface area contributed by atoms with Gasteiger partial charge in [0.1, 0.15) is 6.10 Å². The smallest absolute Gasteiger partial charge is 0.162 e. The fourth-order valence-corrected chi connectivity index (χ4v) is 7.81. The van der Waals surface area contributed by atoms with Crippen molar-refractivity contribution < 1.29 is 15.0 Å². The van der Waals surface area contributed by atoms with E-state index in [1.54, 1.807) is 5.57 Å². The Labute approximate surface area is 162 Å². The maximum absolute atomic E-state index is 12.3. The SMILES string of the molecule is C[C@]12CC[C@H](C3=CCCC3)CC1=CC(O)C1C2CC[C@@]2(C)C1CC(=O)[C@@H]2O. The van der Waals surface area contributed by atoms with Gasteiger partial charge in [-0.1, -0.05) is 37.1 Å². The van der Waals surface area contributed by atoms with E-state index in [2.05, 4.69) is 26.0 Å². The molecular formula is C24H34O3. The number of aliphatic hydroxyl groups excluding tert-OH is 2. The average Bonchev–Trinajstić information content (AvgIpc) is 3.24. The molecule has 0 heterocycles. The Morgan fingerprint density at radius 2 is 1.89 bits per heavy atom. The Balaban J connectivity index is 1.47. The predicted octanol–water partition coefficient (Wildman–Crippen LogP) is 4.19. The van der Waals surface area contributed by atoms with E-state index < -0.39 is 12.2 Å². The first-order valence-corrected chi connectivity index (χ1v) is 11.1. The Kier molecular flexibility index (Phi) is 4.05. The normalized spacial score (nSPS) is 51.9. The summed E-state index contributed by atoms with van der Waals surface area (Å²) in [5.41, 5.74) is 2.97. The number of aliphatic hydroxyl groups is 2. The van der Waals surface area contributed by atoms with Gasteiger partial charge in [0.2, 0.25) is 0 Å². The maximum Gasteiger partial charge on any atom is 0.162 e. The number of hydrogen-bond donors (Lipinski definition) is 2. The van der Waals surface area contributed by atoms with Crippen LogP contribution in [-0.4, -0.2) is 28.2 Å². The van der Waals surface area contributed by atoms with E-state index in [0.29, 0.717) is 18.3 Å². The van der Waals surface area contributed by atoms with Gasteiger partial charge in [0.05, 0.1) is 6.10 Å². The summed E-state index contributed by atoms with van der Waals surface area (Å²) < 4.78 is 0. The van der Waals surface area contributed by atoms with Crippen LogP contribution in [0.3, 0.4) is 0 Å². The zero-order valence-electron chi connectivity index (χ0n) is 16.8. The Morgan fingerprint density at radius 3 is 2.63 bits per heavy atom. The molecule has 2 N–H and O–H groups in total. The second kappa shape index (κ2) is 6.03. The molecule has 0 radical (unpaired) electrons. The maximum atomic E-state index is 12.3. The van der Waals surface area contributed by atoms with Gasteiger partial charge >= 0.3 is 0 Å². The molecule has 3 heteroatoms. The Hall–Kier alpha value is -0.930. The molecule has 0 amide bonds. The van der Waals surface area contributed by atoms with Crippen molar-refractivity contribution in [1.82, 2.24) is 0 Å². The van der Waals surface area contributed by atoms with Crippen LogP contribution in [0.1, 0.15) is 71.6 Å². The van der Waals surface area contributed by atoms with Gasteiger partial charge in [-0.25, -0.2) is 0 Å². The lowest BCUT2D eigenvalue weighted by atomic mass is 9.46. The number of hydrogen-bond acceptors (Lipinski definition) is 3. The molecule has 5 rings (SSSR count). The standard InChI is InChI=1S/C24H34O3/c1-23-9-7-15(14-5-3-4-6-14)11-16(23)12-19(25)21-17(23)8-10-24(2)18(21)13-20(26)22(24)27/h5,12,15,17-19,21-22,25,27H,3-4,6-11,13H2,1-2H3/t15-,17?,18?,19?,21?,22-,23-,24-/m0/s1. The third-order valence-corrected chi connectivity index (χ3v) is 9.52. The monoisotopic (exact) mass is 370 g/mol. The van der Waals surface area contributed by atoms with E-state index in [1.165, 1.54) is 37.7 Å². The Morgan fingerprint density at radius 1 is 1.07 bits per heavy atom. The van der Waals surface area contributed by atoms with Crippen molar-refractivity contribution in [3.05, 3.63) is 23.3 Å². The van der Waals surface area contributed by atoms with Crippen LogP contribution in [0.15, 0.2) is 23.3 Å². The zero-order valence-corrected chi connectivity index (χ0v) is 16.8. The molecule has 5 aliphatic carbocycles. The van der Waals surface area contributed by atoms with E-state index in [4.69, 9.17) is 0 Å². The van der Waals surface area contributed by atoms with Crippen LogP contribution in [0, 0.1) is 34.5 Å². The lowest BCUT2D eigenvalue weighted by molar-refractivity contribution is -0.130. The summed E-state index contributed by atoms with van der Waals surface area (Å²) in [6, 6.07) is 0. The molecule has 0 saturated heterocycles. The summed E-state index contributed by atoms with van der Waals surface area (Å²) in [5.74, 6) is 1.37. The predicted molar refractivity (Wildman–Crippen MR) is 105 cm³/mol. The van der Waals surface area contributed by atoms with Crippen LogP contribution in [0.5, 0.6) is 0 Å². The molecule has 0 aromatic rings. The number of rotatable bonds is 1. The first kappa shape index (κ1) is 18.1. The third kappa shape index (κ3) is 2.43. The molecule has 27 heavy (non-hydrogen) atoms. The molecular weight excluding hydrogens is 336 g/mol.